The van der Waals surface area contributed by atoms with Gasteiger partial charge in [-0.25, -0.2) is 15.3 Å². The molecule has 5 heterocycles. The maximum absolute atomic E-state index is 12.7. The molecule has 2 N–H and O–H groups in total. The summed E-state index contributed by atoms with van der Waals surface area (Å²) in [6, 6.07) is 12.4. The predicted molar refractivity (Wildman–Crippen MR) is 147 cm³/mol. The van der Waals surface area contributed by atoms with E-state index >= 15 is 0 Å². The maximum atomic E-state index is 12.7. The van der Waals surface area contributed by atoms with E-state index in [9.17, 15) is 4.79 Å². The minimum Gasteiger partial charge on any atom is -0.474 e. The van der Waals surface area contributed by atoms with E-state index in [1.165, 1.54) is 11.8 Å². The largest absolute Gasteiger partial charge is 0.474 e. The number of piperidine rings is 1. The molecule has 0 spiro atoms. The maximum Gasteiger partial charge on any atom is 0.281 e. The standard InChI is InChI=1S/C29H31N6O3/c1-37-15-13-35-11-7-20(8-12-35)19-2-4-23(5-3-19)33-27-26-21(6-9-31-28(26)36)16-24(34-27)22-17-25-29(32-18-22)38-14-10-30-25/h2-6,9,16-18,20,30H,7-8,10-15H2,1H3,(H,33,34). The zero-order chi connectivity index (χ0) is 25.9. The van der Waals surface area contributed by atoms with Crippen LogP contribution in [0.1, 0.15) is 40.2 Å². The van der Waals surface area contributed by atoms with Crippen LogP contribution in [0.2, 0.25) is 0 Å². The second-order valence-corrected chi connectivity index (χ2v) is 9.78. The average Bonchev–Trinajstić information content (AvgIpc) is 2.96. The summed E-state index contributed by atoms with van der Waals surface area (Å²) in [6.45, 7) is 5.28. The second kappa shape index (κ2) is 10.8. The van der Waals surface area contributed by atoms with Gasteiger partial charge in [-0.3, -0.25) is 4.79 Å². The third kappa shape index (κ3) is 5.07. The summed E-state index contributed by atoms with van der Waals surface area (Å²) in [7, 11) is 1.75. The normalized spacial score (nSPS) is 17.1. The van der Waals surface area contributed by atoms with Gasteiger partial charge in [0.2, 0.25) is 5.88 Å². The zero-order valence-corrected chi connectivity index (χ0v) is 21.4. The van der Waals surface area contributed by atoms with Gasteiger partial charge in [-0.05, 0) is 73.3 Å². The van der Waals surface area contributed by atoms with Crippen molar-refractivity contribution in [2.24, 2.45) is 0 Å². The lowest BCUT2D eigenvalue weighted by Gasteiger charge is -2.32. The van der Waals surface area contributed by atoms with Crippen LogP contribution in [-0.4, -0.2) is 67.3 Å². The molecule has 1 aromatic carbocycles. The minimum absolute atomic E-state index is 0.306. The van der Waals surface area contributed by atoms with Crippen molar-refractivity contribution in [3.05, 3.63) is 65.5 Å². The summed E-state index contributed by atoms with van der Waals surface area (Å²) in [5.74, 6) is 1.32. The number of hydrogen-bond donors (Lipinski definition) is 2. The van der Waals surface area contributed by atoms with E-state index in [1.807, 2.05) is 18.2 Å². The van der Waals surface area contributed by atoms with Gasteiger partial charge in [0, 0.05) is 43.8 Å². The lowest BCUT2D eigenvalue weighted by Crippen LogP contribution is -2.35. The molecular weight excluding hydrogens is 480 g/mol. The number of aromatic nitrogens is 2. The Kier molecular flexibility index (Phi) is 6.94. The number of hydrogen-bond acceptors (Lipinski definition) is 8. The average molecular weight is 512 g/mol. The fourth-order valence-corrected chi connectivity index (χ4v) is 5.26. The van der Waals surface area contributed by atoms with Crippen LogP contribution < -0.4 is 20.7 Å². The van der Waals surface area contributed by atoms with E-state index in [2.05, 4.69) is 50.1 Å². The van der Waals surface area contributed by atoms with Crippen LogP contribution in [0.25, 0.3) is 17.3 Å². The first kappa shape index (κ1) is 24.4. The van der Waals surface area contributed by atoms with Crippen molar-refractivity contribution >= 4 is 29.2 Å². The molecule has 0 bridgehead atoms. The fourth-order valence-electron chi connectivity index (χ4n) is 5.26. The highest BCUT2D eigenvalue weighted by Crippen LogP contribution is 2.34. The molecule has 3 aliphatic rings. The lowest BCUT2D eigenvalue weighted by atomic mass is 9.89. The minimum atomic E-state index is -0.306. The molecule has 0 aliphatic carbocycles. The van der Waals surface area contributed by atoms with Crippen LogP contribution in [0.3, 0.4) is 0 Å². The Morgan fingerprint density at radius 3 is 2.84 bits per heavy atom. The van der Waals surface area contributed by atoms with Crippen molar-refractivity contribution in [3.63, 3.8) is 0 Å². The van der Waals surface area contributed by atoms with Gasteiger partial charge >= 0.3 is 0 Å². The number of fused-ring (bicyclic) bond motifs is 2. The molecule has 0 unspecified atom stereocenters. The first-order chi connectivity index (χ1) is 18.7. The number of nitrogens with zero attached hydrogens (tertiary/aromatic N) is 4. The number of nitrogens with one attached hydrogen (secondary N) is 2. The van der Waals surface area contributed by atoms with Crippen LogP contribution in [0, 0.1) is 0 Å². The van der Waals surface area contributed by atoms with Crippen LogP contribution in [0.15, 0.2) is 48.8 Å². The molecule has 6 rings (SSSR count). The quantitative estimate of drug-likeness (QED) is 0.486. The molecule has 195 valence electrons. The Morgan fingerprint density at radius 1 is 1.18 bits per heavy atom. The van der Waals surface area contributed by atoms with Crippen molar-refractivity contribution in [1.82, 2.24) is 20.2 Å². The van der Waals surface area contributed by atoms with Gasteiger partial charge in [-0.2, -0.15) is 0 Å². The molecule has 9 heteroatoms. The number of pyridine rings is 2. The van der Waals surface area contributed by atoms with Crippen molar-refractivity contribution in [2.75, 3.05) is 57.1 Å². The summed E-state index contributed by atoms with van der Waals surface area (Å²) in [5.41, 5.74) is 5.85. The molecule has 3 aliphatic heterocycles. The predicted octanol–water partition coefficient (Wildman–Crippen LogP) is 4.25. The number of rotatable bonds is 7. The monoisotopic (exact) mass is 511 g/mol. The van der Waals surface area contributed by atoms with Crippen molar-refractivity contribution in [3.8, 4) is 17.1 Å². The molecule has 1 amide bonds. The highest BCUT2D eigenvalue weighted by atomic mass is 16.5. The fraction of sp³-hybridized carbons (Fsp3) is 0.345. The summed E-state index contributed by atoms with van der Waals surface area (Å²) < 4.78 is 10.8. The van der Waals surface area contributed by atoms with Gasteiger partial charge in [-0.15, -0.1) is 0 Å². The van der Waals surface area contributed by atoms with Crippen LogP contribution in [-0.2, 0) is 4.74 Å². The number of carbonyl (C=O) groups excluding carboxylic acids is 1. The molecule has 38 heavy (non-hydrogen) atoms. The van der Waals surface area contributed by atoms with E-state index in [0.717, 1.165) is 68.1 Å². The van der Waals surface area contributed by atoms with Crippen molar-refractivity contribution < 1.29 is 14.3 Å². The molecule has 2 aromatic heterocycles. The SMILES string of the molecule is COCCN1CCC(c2ccc(Nc3nc(-c4cnc5c(c4)NCCO5)cc4c3C(=O)[N]C=C4)cc2)CC1. The van der Waals surface area contributed by atoms with Gasteiger partial charge in [0.05, 0.1) is 23.6 Å². The Bertz CT molecular complexity index is 1350. The van der Waals surface area contributed by atoms with Gasteiger partial charge < -0.3 is 25.0 Å². The molecule has 9 nitrogen and oxygen atoms in total. The Labute approximate surface area is 222 Å². The van der Waals surface area contributed by atoms with E-state index in [0.29, 0.717) is 35.5 Å². The first-order valence-corrected chi connectivity index (χ1v) is 13.1. The summed E-state index contributed by atoms with van der Waals surface area (Å²) in [5, 5.41) is 10.7. The third-order valence-corrected chi connectivity index (χ3v) is 7.36. The number of methoxy groups -OCH3 is 1. The molecular formula is C29H31N6O3. The number of anilines is 3. The van der Waals surface area contributed by atoms with Gasteiger partial charge in [0.15, 0.2) is 0 Å². The zero-order valence-electron chi connectivity index (χ0n) is 21.4. The molecule has 0 atom stereocenters. The van der Waals surface area contributed by atoms with E-state index in [1.54, 1.807) is 13.3 Å². The number of ether oxygens (including phenoxy) is 2. The molecule has 3 aromatic rings. The van der Waals surface area contributed by atoms with Crippen LogP contribution in [0.5, 0.6) is 5.88 Å². The van der Waals surface area contributed by atoms with Gasteiger partial charge in [0.1, 0.15) is 12.4 Å². The smallest absolute Gasteiger partial charge is 0.281 e. The Balaban J connectivity index is 1.24. The van der Waals surface area contributed by atoms with Gasteiger partial charge in [-0.1, -0.05) is 12.1 Å². The van der Waals surface area contributed by atoms with Crippen molar-refractivity contribution in [2.45, 2.75) is 18.8 Å². The number of benzene rings is 1. The summed E-state index contributed by atoms with van der Waals surface area (Å²) >= 11 is 0. The second-order valence-electron chi connectivity index (χ2n) is 9.78. The van der Waals surface area contributed by atoms with E-state index in [4.69, 9.17) is 14.5 Å². The third-order valence-electron chi connectivity index (χ3n) is 7.36. The Hall–Kier alpha value is -3.95. The lowest BCUT2D eigenvalue weighted by molar-refractivity contribution is 0.0965. The van der Waals surface area contributed by atoms with E-state index in [-0.39, 0.29) is 5.91 Å². The highest BCUT2D eigenvalue weighted by Gasteiger charge is 2.24. The molecule has 0 saturated carbocycles. The summed E-state index contributed by atoms with van der Waals surface area (Å²) in [4.78, 5) is 24.5. The van der Waals surface area contributed by atoms with Crippen LogP contribution >= 0.6 is 0 Å². The van der Waals surface area contributed by atoms with Crippen LogP contribution in [0.4, 0.5) is 17.2 Å². The Morgan fingerprint density at radius 2 is 2.03 bits per heavy atom. The van der Waals surface area contributed by atoms with Crippen molar-refractivity contribution in [1.29, 1.82) is 0 Å². The topological polar surface area (TPSA) is 103 Å². The molecule has 1 fully saturated rings. The molecule has 1 radical (unpaired) electrons. The first-order valence-electron chi connectivity index (χ1n) is 13.1. The number of carbonyl (C=O) groups is 1. The summed E-state index contributed by atoms with van der Waals surface area (Å²) in [6.07, 6.45) is 7.41. The van der Waals surface area contributed by atoms with Gasteiger partial charge in [0.25, 0.3) is 5.91 Å². The number of likely N-dealkylation sites (tertiary alicyclic amines) is 1. The number of amides is 1. The highest BCUT2D eigenvalue weighted by molar-refractivity contribution is 6.05. The molecule has 1 saturated heterocycles. The van der Waals surface area contributed by atoms with E-state index < -0.39 is 0 Å².